The molecule has 0 aliphatic heterocycles. The summed E-state index contributed by atoms with van der Waals surface area (Å²) < 4.78 is 0. The van der Waals surface area contributed by atoms with Crippen LogP contribution in [0.1, 0.15) is 39.0 Å². The molecular formula is C10H18O3. The van der Waals surface area contributed by atoms with Crippen molar-refractivity contribution in [2.24, 2.45) is 11.8 Å². The van der Waals surface area contributed by atoms with Crippen LogP contribution in [-0.4, -0.2) is 22.3 Å². The first-order valence-electron chi connectivity index (χ1n) is 5.05. The third kappa shape index (κ3) is 2.69. The van der Waals surface area contributed by atoms with E-state index in [1.807, 2.05) is 0 Å². The lowest BCUT2D eigenvalue weighted by molar-refractivity contribution is -0.138. The minimum absolute atomic E-state index is 0.201. The Hall–Kier alpha value is -0.570. The quantitative estimate of drug-likeness (QED) is 0.701. The highest BCUT2D eigenvalue weighted by Gasteiger charge is 2.35. The van der Waals surface area contributed by atoms with E-state index in [2.05, 4.69) is 6.92 Å². The number of carboxylic acid groups (broad SMARTS) is 1. The number of hydrogen-bond donors (Lipinski definition) is 2. The summed E-state index contributed by atoms with van der Waals surface area (Å²) in [6, 6.07) is 0. The zero-order valence-electron chi connectivity index (χ0n) is 8.07. The standard InChI is InChI=1S/C10H18O3/c1-2-3-8-7(6-10(12)13)4-5-9(8)11/h7-9,11H,2-6H2,1H3,(H,12,13). The molecule has 0 saturated heterocycles. The molecule has 13 heavy (non-hydrogen) atoms. The van der Waals surface area contributed by atoms with Crippen LogP contribution in [0.4, 0.5) is 0 Å². The Labute approximate surface area is 78.8 Å². The van der Waals surface area contributed by atoms with E-state index in [1.165, 1.54) is 0 Å². The van der Waals surface area contributed by atoms with Crippen LogP contribution in [0.2, 0.25) is 0 Å². The van der Waals surface area contributed by atoms with Gasteiger partial charge in [0.05, 0.1) is 6.10 Å². The molecule has 0 aromatic heterocycles. The number of hydrogen-bond acceptors (Lipinski definition) is 2. The predicted octanol–water partition coefficient (Wildman–Crippen LogP) is 1.65. The van der Waals surface area contributed by atoms with E-state index in [4.69, 9.17) is 5.11 Å². The Kier molecular flexibility index (Phi) is 3.72. The molecular weight excluding hydrogens is 168 g/mol. The summed E-state index contributed by atoms with van der Waals surface area (Å²) in [7, 11) is 0. The van der Waals surface area contributed by atoms with E-state index in [1.54, 1.807) is 0 Å². The van der Waals surface area contributed by atoms with Gasteiger partial charge < -0.3 is 10.2 Å². The highest BCUT2D eigenvalue weighted by atomic mass is 16.4. The van der Waals surface area contributed by atoms with E-state index >= 15 is 0 Å². The van der Waals surface area contributed by atoms with Crippen molar-refractivity contribution in [1.29, 1.82) is 0 Å². The monoisotopic (exact) mass is 186 g/mol. The Morgan fingerprint density at radius 2 is 2.15 bits per heavy atom. The molecule has 76 valence electrons. The molecule has 3 atom stereocenters. The fraction of sp³-hybridized carbons (Fsp3) is 0.900. The second kappa shape index (κ2) is 4.61. The van der Waals surface area contributed by atoms with Gasteiger partial charge in [0.25, 0.3) is 0 Å². The van der Waals surface area contributed by atoms with Gasteiger partial charge in [0.15, 0.2) is 0 Å². The van der Waals surface area contributed by atoms with Crippen molar-refractivity contribution >= 4 is 5.97 Å². The van der Waals surface area contributed by atoms with Crippen molar-refractivity contribution in [1.82, 2.24) is 0 Å². The maximum Gasteiger partial charge on any atom is 0.303 e. The summed E-state index contributed by atoms with van der Waals surface area (Å²) in [5.74, 6) is -0.311. The van der Waals surface area contributed by atoms with Crippen molar-refractivity contribution in [3.8, 4) is 0 Å². The second-order valence-electron chi connectivity index (χ2n) is 3.96. The average molecular weight is 186 g/mol. The van der Waals surface area contributed by atoms with E-state index in [0.29, 0.717) is 0 Å². The lowest BCUT2D eigenvalue weighted by Gasteiger charge is -2.19. The van der Waals surface area contributed by atoms with E-state index in [-0.39, 0.29) is 24.4 Å². The zero-order chi connectivity index (χ0) is 9.84. The molecule has 1 aliphatic carbocycles. The lowest BCUT2D eigenvalue weighted by Crippen LogP contribution is -2.20. The first-order chi connectivity index (χ1) is 6.15. The third-order valence-electron chi connectivity index (χ3n) is 2.99. The molecule has 3 heteroatoms. The molecule has 0 amide bonds. The van der Waals surface area contributed by atoms with Gasteiger partial charge in [0.1, 0.15) is 0 Å². The molecule has 1 fully saturated rings. The maximum atomic E-state index is 10.5. The first kappa shape index (κ1) is 10.5. The average Bonchev–Trinajstić information content (AvgIpc) is 2.35. The van der Waals surface area contributed by atoms with Crippen LogP contribution in [0.5, 0.6) is 0 Å². The van der Waals surface area contributed by atoms with Crippen LogP contribution in [0.3, 0.4) is 0 Å². The van der Waals surface area contributed by atoms with Crippen LogP contribution < -0.4 is 0 Å². The fourth-order valence-electron chi connectivity index (χ4n) is 2.37. The Morgan fingerprint density at radius 3 is 2.69 bits per heavy atom. The van der Waals surface area contributed by atoms with Crippen LogP contribution in [0, 0.1) is 11.8 Å². The summed E-state index contributed by atoms with van der Waals surface area (Å²) in [5, 5.41) is 18.3. The first-order valence-corrected chi connectivity index (χ1v) is 5.05. The molecule has 1 rings (SSSR count). The molecule has 0 aromatic carbocycles. The van der Waals surface area contributed by atoms with Gasteiger partial charge in [-0.15, -0.1) is 0 Å². The van der Waals surface area contributed by atoms with E-state index in [9.17, 15) is 9.90 Å². The van der Waals surface area contributed by atoms with Gasteiger partial charge in [-0.1, -0.05) is 13.3 Å². The third-order valence-corrected chi connectivity index (χ3v) is 2.99. The summed E-state index contributed by atoms with van der Waals surface area (Å²) >= 11 is 0. The van der Waals surface area contributed by atoms with E-state index in [0.717, 1.165) is 25.7 Å². The number of rotatable bonds is 4. The van der Waals surface area contributed by atoms with Crippen molar-refractivity contribution in [3.05, 3.63) is 0 Å². The highest BCUT2D eigenvalue weighted by Crippen LogP contribution is 2.37. The van der Waals surface area contributed by atoms with E-state index < -0.39 is 5.97 Å². The summed E-state index contributed by atoms with van der Waals surface area (Å²) in [5.41, 5.74) is 0. The van der Waals surface area contributed by atoms with Gasteiger partial charge in [-0.3, -0.25) is 4.79 Å². The number of carboxylic acids is 1. The number of aliphatic hydroxyl groups excluding tert-OH is 1. The highest BCUT2D eigenvalue weighted by molar-refractivity contribution is 5.67. The molecule has 0 bridgehead atoms. The van der Waals surface area contributed by atoms with Gasteiger partial charge in [-0.25, -0.2) is 0 Å². The summed E-state index contributed by atoms with van der Waals surface area (Å²) in [6.07, 6.45) is 3.60. The van der Waals surface area contributed by atoms with Crippen LogP contribution in [0.25, 0.3) is 0 Å². The van der Waals surface area contributed by atoms with Gasteiger partial charge in [0, 0.05) is 6.42 Å². The maximum absolute atomic E-state index is 10.5. The van der Waals surface area contributed by atoms with Gasteiger partial charge in [0.2, 0.25) is 0 Å². The predicted molar refractivity (Wildman–Crippen MR) is 49.4 cm³/mol. The van der Waals surface area contributed by atoms with Crippen LogP contribution in [0.15, 0.2) is 0 Å². The molecule has 0 aromatic rings. The zero-order valence-corrected chi connectivity index (χ0v) is 8.07. The molecule has 1 saturated carbocycles. The minimum atomic E-state index is -0.736. The van der Waals surface area contributed by atoms with Crippen LogP contribution >= 0.6 is 0 Å². The normalized spacial score (nSPS) is 33.5. The topological polar surface area (TPSA) is 57.5 Å². The number of aliphatic carboxylic acids is 1. The van der Waals surface area contributed by atoms with Gasteiger partial charge in [-0.2, -0.15) is 0 Å². The molecule has 2 N–H and O–H groups in total. The Bertz CT molecular complexity index is 179. The molecule has 3 unspecified atom stereocenters. The van der Waals surface area contributed by atoms with Crippen molar-refractivity contribution < 1.29 is 15.0 Å². The van der Waals surface area contributed by atoms with Crippen molar-refractivity contribution in [2.75, 3.05) is 0 Å². The Morgan fingerprint density at radius 1 is 1.46 bits per heavy atom. The number of carbonyl (C=O) groups is 1. The van der Waals surface area contributed by atoms with Crippen molar-refractivity contribution in [3.63, 3.8) is 0 Å². The molecule has 3 nitrogen and oxygen atoms in total. The summed E-state index contributed by atoms with van der Waals surface area (Å²) in [6.45, 7) is 2.07. The van der Waals surface area contributed by atoms with Crippen molar-refractivity contribution in [2.45, 2.75) is 45.1 Å². The molecule has 1 aliphatic rings. The van der Waals surface area contributed by atoms with Gasteiger partial charge >= 0.3 is 5.97 Å². The molecule has 0 radical (unpaired) electrons. The lowest BCUT2D eigenvalue weighted by atomic mass is 9.88. The largest absolute Gasteiger partial charge is 0.481 e. The van der Waals surface area contributed by atoms with Crippen LogP contribution in [-0.2, 0) is 4.79 Å². The Balaban J connectivity index is 2.48. The second-order valence-corrected chi connectivity index (χ2v) is 3.96. The SMILES string of the molecule is CCCC1C(O)CCC1CC(=O)O. The molecule has 0 heterocycles. The molecule has 0 spiro atoms. The fourth-order valence-corrected chi connectivity index (χ4v) is 2.37. The summed E-state index contributed by atoms with van der Waals surface area (Å²) in [4.78, 5) is 10.5. The minimum Gasteiger partial charge on any atom is -0.481 e. The number of aliphatic hydroxyl groups is 1. The van der Waals surface area contributed by atoms with Gasteiger partial charge in [-0.05, 0) is 31.1 Å². The smallest absolute Gasteiger partial charge is 0.303 e.